The molecule has 5 nitrogen and oxygen atoms in total. The van der Waals surface area contributed by atoms with Crippen LogP contribution in [-0.2, 0) is 4.79 Å². The Kier molecular flexibility index (Phi) is 6.49. The molecule has 2 aromatic rings. The SMILES string of the molecule is CCCC(=O)NC(=S)Nc1nc(-c2ccc(OC)c(Br)c2)cs1. The molecule has 1 aromatic carbocycles. The fourth-order valence-electron chi connectivity index (χ4n) is 1.83. The summed E-state index contributed by atoms with van der Waals surface area (Å²) in [5.41, 5.74) is 1.78. The first-order chi connectivity index (χ1) is 11.0. The van der Waals surface area contributed by atoms with E-state index in [4.69, 9.17) is 17.0 Å². The summed E-state index contributed by atoms with van der Waals surface area (Å²) in [6.07, 6.45) is 1.23. The number of thiazole rings is 1. The van der Waals surface area contributed by atoms with Crippen LogP contribution in [0, 0.1) is 0 Å². The molecule has 2 rings (SSSR count). The molecule has 0 saturated heterocycles. The molecule has 0 saturated carbocycles. The molecular formula is C15H16BrN3O2S2. The van der Waals surface area contributed by atoms with E-state index in [1.54, 1.807) is 7.11 Å². The summed E-state index contributed by atoms with van der Waals surface area (Å²) in [5, 5.41) is 8.38. The molecule has 0 aliphatic carbocycles. The Morgan fingerprint density at radius 1 is 1.48 bits per heavy atom. The summed E-state index contributed by atoms with van der Waals surface area (Å²) in [5.74, 6) is 0.669. The number of halogens is 1. The first kappa shape index (κ1) is 17.8. The van der Waals surface area contributed by atoms with Crippen molar-refractivity contribution in [2.45, 2.75) is 19.8 Å². The van der Waals surface area contributed by atoms with Crippen LogP contribution in [0.2, 0.25) is 0 Å². The van der Waals surface area contributed by atoms with E-state index in [1.165, 1.54) is 11.3 Å². The number of ether oxygens (including phenoxy) is 1. The van der Waals surface area contributed by atoms with Crippen molar-refractivity contribution in [3.63, 3.8) is 0 Å². The van der Waals surface area contributed by atoms with Crippen molar-refractivity contribution in [3.8, 4) is 17.0 Å². The predicted molar refractivity (Wildman–Crippen MR) is 101 cm³/mol. The number of methoxy groups -OCH3 is 1. The fourth-order valence-corrected chi connectivity index (χ4v) is 3.37. The largest absolute Gasteiger partial charge is 0.496 e. The molecule has 0 radical (unpaired) electrons. The summed E-state index contributed by atoms with van der Waals surface area (Å²) in [4.78, 5) is 16.0. The highest BCUT2D eigenvalue weighted by Gasteiger charge is 2.09. The Morgan fingerprint density at radius 2 is 2.26 bits per heavy atom. The molecule has 0 bridgehead atoms. The average Bonchev–Trinajstić information content (AvgIpc) is 2.95. The summed E-state index contributed by atoms with van der Waals surface area (Å²) in [7, 11) is 1.62. The Balaban J connectivity index is 2.04. The lowest BCUT2D eigenvalue weighted by molar-refractivity contribution is -0.119. The number of carbonyl (C=O) groups excluding carboxylic acids is 1. The van der Waals surface area contributed by atoms with Crippen molar-refractivity contribution < 1.29 is 9.53 Å². The third-order valence-electron chi connectivity index (χ3n) is 2.90. The lowest BCUT2D eigenvalue weighted by atomic mass is 10.2. The number of carbonyl (C=O) groups is 1. The van der Waals surface area contributed by atoms with Gasteiger partial charge in [-0.2, -0.15) is 0 Å². The highest BCUT2D eigenvalue weighted by atomic mass is 79.9. The molecule has 122 valence electrons. The highest BCUT2D eigenvalue weighted by molar-refractivity contribution is 9.10. The van der Waals surface area contributed by atoms with Crippen molar-refractivity contribution in [1.82, 2.24) is 10.3 Å². The fraction of sp³-hybridized carbons (Fsp3) is 0.267. The third kappa shape index (κ3) is 4.98. The lowest BCUT2D eigenvalue weighted by Crippen LogP contribution is -2.33. The molecule has 0 atom stereocenters. The van der Waals surface area contributed by atoms with Gasteiger partial charge in [-0.15, -0.1) is 11.3 Å². The van der Waals surface area contributed by atoms with Crippen molar-refractivity contribution >= 4 is 55.6 Å². The molecule has 8 heteroatoms. The standard InChI is InChI=1S/C15H16BrN3O2S2/c1-3-4-13(20)18-14(22)19-15-17-11(8-23-15)9-5-6-12(21-2)10(16)7-9/h5-8H,3-4H2,1-2H3,(H2,17,18,19,20,22). The van der Waals surface area contributed by atoms with E-state index in [1.807, 2.05) is 30.5 Å². The Hall–Kier alpha value is -1.51. The van der Waals surface area contributed by atoms with Gasteiger partial charge >= 0.3 is 0 Å². The van der Waals surface area contributed by atoms with Gasteiger partial charge in [-0.3, -0.25) is 4.79 Å². The van der Waals surface area contributed by atoms with Crippen LogP contribution in [-0.4, -0.2) is 23.1 Å². The summed E-state index contributed by atoms with van der Waals surface area (Å²) in [6, 6.07) is 5.75. The topological polar surface area (TPSA) is 63.2 Å². The van der Waals surface area contributed by atoms with Gasteiger partial charge in [-0.25, -0.2) is 4.98 Å². The minimum absolute atomic E-state index is 0.0964. The van der Waals surface area contributed by atoms with Crippen LogP contribution in [0.25, 0.3) is 11.3 Å². The van der Waals surface area contributed by atoms with Crippen molar-refractivity contribution in [1.29, 1.82) is 0 Å². The van der Waals surface area contributed by atoms with E-state index >= 15 is 0 Å². The maximum atomic E-state index is 11.5. The molecule has 1 heterocycles. The van der Waals surface area contributed by atoms with Crippen LogP contribution in [0.1, 0.15) is 19.8 Å². The number of thiocarbonyl (C=S) groups is 1. The normalized spacial score (nSPS) is 10.2. The van der Waals surface area contributed by atoms with E-state index in [2.05, 4.69) is 31.5 Å². The van der Waals surface area contributed by atoms with Crippen LogP contribution in [0.4, 0.5) is 5.13 Å². The van der Waals surface area contributed by atoms with Crippen molar-refractivity contribution in [2.75, 3.05) is 12.4 Å². The van der Waals surface area contributed by atoms with Gasteiger partial charge in [0, 0.05) is 17.4 Å². The summed E-state index contributed by atoms with van der Waals surface area (Å²) in [6.45, 7) is 1.94. The molecular weight excluding hydrogens is 398 g/mol. The number of benzene rings is 1. The van der Waals surface area contributed by atoms with Crippen molar-refractivity contribution in [3.05, 3.63) is 28.1 Å². The Labute approximate surface area is 152 Å². The molecule has 0 fully saturated rings. The van der Waals surface area contributed by atoms with Gasteiger partial charge in [0.1, 0.15) is 5.75 Å². The minimum Gasteiger partial charge on any atom is -0.496 e. The van der Waals surface area contributed by atoms with Gasteiger partial charge in [-0.05, 0) is 52.8 Å². The number of hydrogen-bond acceptors (Lipinski definition) is 5. The molecule has 0 aliphatic heterocycles. The minimum atomic E-state index is -0.0964. The zero-order chi connectivity index (χ0) is 16.8. The van der Waals surface area contributed by atoms with E-state index in [0.29, 0.717) is 11.6 Å². The predicted octanol–water partition coefficient (Wildman–Crippen LogP) is 4.19. The van der Waals surface area contributed by atoms with Crippen LogP contribution in [0.15, 0.2) is 28.1 Å². The van der Waals surface area contributed by atoms with Crippen LogP contribution >= 0.6 is 39.5 Å². The van der Waals surface area contributed by atoms with E-state index < -0.39 is 0 Å². The number of nitrogens with one attached hydrogen (secondary N) is 2. The highest BCUT2D eigenvalue weighted by Crippen LogP contribution is 2.31. The Bertz CT molecular complexity index is 718. The zero-order valence-corrected chi connectivity index (χ0v) is 15.9. The second-order valence-electron chi connectivity index (χ2n) is 4.64. The molecule has 0 unspecified atom stereocenters. The number of rotatable bonds is 5. The average molecular weight is 414 g/mol. The maximum absolute atomic E-state index is 11.5. The molecule has 2 N–H and O–H groups in total. The second kappa shape index (κ2) is 8.37. The monoisotopic (exact) mass is 413 g/mol. The van der Waals surface area contributed by atoms with E-state index in [0.717, 1.165) is 27.9 Å². The van der Waals surface area contributed by atoms with Gasteiger partial charge < -0.3 is 15.4 Å². The van der Waals surface area contributed by atoms with Gasteiger partial charge in [0.05, 0.1) is 17.3 Å². The van der Waals surface area contributed by atoms with Crippen LogP contribution < -0.4 is 15.4 Å². The van der Waals surface area contributed by atoms with Gasteiger partial charge in [-0.1, -0.05) is 6.92 Å². The third-order valence-corrected chi connectivity index (χ3v) is 4.48. The molecule has 1 aromatic heterocycles. The number of amides is 1. The van der Waals surface area contributed by atoms with E-state index in [9.17, 15) is 4.79 Å². The van der Waals surface area contributed by atoms with Crippen LogP contribution in [0.5, 0.6) is 5.75 Å². The van der Waals surface area contributed by atoms with Gasteiger partial charge in [0.25, 0.3) is 0 Å². The van der Waals surface area contributed by atoms with Gasteiger partial charge in [0.2, 0.25) is 5.91 Å². The molecule has 23 heavy (non-hydrogen) atoms. The van der Waals surface area contributed by atoms with E-state index in [-0.39, 0.29) is 11.0 Å². The number of aromatic nitrogens is 1. The molecule has 1 amide bonds. The summed E-state index contributed by atoms with van der Waals surface area (Å²) >= 11 is 9.99. The molecule has 0 spiro atoms. The van der Waals surface area contributed by atoms with Crippen molar-refractivity contribution in [2.24, 2.45) is 0 Å². The number of nitrogens with zero attached hydrogens (tertiary/aromatic N) is 1. The maximum Gasteiger partial charge on any atom is 0.226 e. The van der Waals surface area contributed by atoms with Crippen LogP contribution in [0.3, 0.4) is 0 Å². The quantitative estimate of drug-likeness (QED) is 0.719. The first-order valence-electron chi connectivity index (χ1n) is 6.93. The smallest absolute Gasteiger partial charge is 0.226 e. The summed E-state index contributed by atoms with van der Waals surface area (Å²) < 4.78 is 6.08. The molecule has 0 aliphatic rings. The first-order valence-corrected chi connectivity index (χ1v) is 9.01. The number of anilines is 1. The number of hydrogen-bond donors (Lipinski definition) is 2. The lowest BCUT2D eigenvalue weighted by Gasteiger charge is -2.06. The zero-order valence-electron chi connectivity index (χ0n) is 12.7. The van der Waals surface area contributed by atoms with Gasteiger partial charge in [0.15, 0.2) is 10.2 Å². The Morgan fingerprint density at radius 3 is 2.91 bits per heavy atom. The second-order valence-corrected chi connectivity index (χ2v) is 6.76.